The van der Waals surface area contributed by atoms with Crippen LogP contribution in [0, 0.1) is 0 Å². The Hall–Kier alpha value is -2.24. The van der Waals surface area contributed by atoms with Crippen molar-refractivity contribution >= 4 is 12.1 Å². The summed E-state index contributed by atoms with van der Waals surface area (Å²) in [7, 11) is 1.16. The second-order valence-electron chi connectivity index (χ2n) is 3.40. The van der Waals surface area contributed by atoms with Crippen molar-refractivity contribution in [1.82, 2.24) is 5.32 Å². The Morgan fingerprint density at radius 3 is 2.41 bits per heavy atom. The fourth-order valence-corrected chi connectivity index (χ4v) is 1.27. The predicted molar refractivity (Wildman–Crippen MR) is 58.8 cm³/mol. The fourth-order valence-electron chi connectivity index (χ4n) is 1.27. The first-order valence-electron chi connectivity index (χ1n) is 4.88. The van der Waals surface area contributed by atoms with Gasteiger partial charge in [0.25, 0.3) is 0 Å². The van der Waals surface area contributed by atoms with E-state index in [9.17, 15) is 9.59 Å². The molecule has 0 fully saturated rings. The summed E-state index contributed by atoms with van der Waals surface area (Å²) in [6.07, 6.45) is -0.679. The first-order valence-corrected chi connectivity index (χ1v) is 4.88. The van der Waals surface area contributed by atoms with Gasteiger partial charge in [-0.05, 0) is 17.7 Å². The highest BCUT2D eigenvalue weighted by Gasteiger charge is 2.20. The minimum absolute atomic E-state index is 0.0987. The van der Waals surface area contributed by atoms with Crippen LogP contribution in [0.25, 0.3) is 0 Å². The van der Waals surface area contributed by atoms with E-state index in [4.69, 9.17) is 10.2 Å². The molecule has 0 saturated carbocycles. The number of benzene rings is 1. The van der Waals surface area contributed by atoms with Gasteiger partial charge >= 0.3 is 12.1 Å². The highest BCUT2D eigenvalue weighted by Crippen LogP contribution is 2.11. The molecule has 0 unspecified atom stereocenters. The van der Waals surface area contributed by atoms with Crippen LogP contribution < -0.4 is 5.32 Å². The van der Waals surface area contributed by atoms with E-state index in [1.807, 2.05) is 0 Å². The molecule has 1 amide bonds. The van der Waals surface area contributed by atoms with Gasteiger partial charge in [0.05, 0.1) is 7.11 Å². The largest absolute Gasteiger partial charge is 0.508 e. The average Bonchev–Trinajstić information content (AvgIpc) is 2.30. The van der Waals surface area contributed by atoms with Crippen LogP contribution in [-0.4, -0.2) is 35.4 Å². The molecule has 0 aromatic heterocycles. The smallest absolute Gasteiger partial charge is 0.407 e. The van der Waals surface area contributed by atoms with Crippen LogP contribution in [-0.2, 0) is 16.0 Å². The lowest BCUT2D eigenvalue weighted by atomic mass is 10.1. The van der Waals surface area contributed by atoms with Gasteiger partial charge in [-0.3, -0.25) is 0 Å². The minimum Gasteiger partial charge on any atom is -0.508 e. The molecule has 0 radical (unpaired) electrons. The number of ether oxygens (including phenoxy) is 1. The van der Waals surface area contributed by atoms with E-state index in [2.05, 4.69) is 10.1 Å². The van der Waals surface area contributed by atoms with Gasteiger partial charge in [-0.25, -0.2) is 9.59 Å². The summed E-state index contributed by atoms with van der Waals surface area (Å²) in [5.74, 6) is -1.05. The topological polar surface area (TPSA) is 95.9 Å². The molecule has 1 rings (SSSR count). The Morgan fingerprint density at radius 1 is 1.35 bits per heavy atom. The van der Waals surface area contributed by atoms with Crippen LogP contribution in [0.3, 0.4) is 0 Å². The zero-order chi connectivity index (χ0) is 12.8. The normalized spacial score (nSPS) is 11.6. The maximum atomic E-state index is 10.9. The molecule has 3 N–H and O–H groups in total. The van der Waals surface area contributed by atoms with Gasteiger partial charge in [0, 0.05) is 6.42 Å². The number of amides is 1. The van der Waals surface area contributed by atoms with Crippen LogP contribution in [0.5, 0.6) is 5.75 Å². The van der Waals surface area contributed by atoms with Crippen LogP contribution in [0.2, 0.25) is 0 Å². The number of aliphatic carboxylic acids is 1. The van der Waals surface area contributed by atoms with Crippen molar-refractivity contribution in [3.63, 3.8) is 0 Å². The van der Waals surface area contributed by atoms with Crippen molar-refractivity contribution in [2.24, 2.45) is 0 Å². The number of nitrogens with one attached hydrogen (secondary N) is 1. The maximum absolute atomic E-state index is 10.9. The summed E-state index contributed by atoms with van der Waals surface area (Å²) in [5, 5.41) is 20.2. The molecule has 6 nitrogen and oxygen atoms in total. The molecule has 0 saturated heterocycles. The molecular weight excluding hydrogens is 226 g/mol. The molecule has 0 spiro atoms. The number of methoxy groups -OCH3 is 1. The van der Waals surface area contributed by atoms with Crippen molar-refractivity contribution < 1.29 is 24.5 Å². The Labute approximate surface area is 97.8 Å². The number of aromatic hydroxyl groups is 1. The zero-order valence-electron chi connectivity index (χ0n) is 9.21. The molecule has 6 heteroatoms. The monoisotopic (exact) mass is 239 g/mol. The zero-order valence-corrected chi connectivity index (χ0v) is 9.21. The van der Waals surface area contributed by atoms with E-state index in [-0.39, 0.29) is 12.2 Å². The maximum Gasteiger partial charge on any atom is 0.407 e. The van der Waals surface area contributed by atoms with E-state index in [0.717, 1.165) is 7.11 Å². The second kappa shape index (κ2) is 5.74. The Balaban J connectivity index is 2.70. The average molecular weight is 239 g/mol. The fraction of sp³-hybridized carbons (Fsp3) is 0.273. The van der Waals surface area contributed by atoms with Gasteiger partial charge in [-0.1, -0.05) is 12.1 Å². The Bertz CT molecular complexity index is 401. The van der Waals surface area contributed by atoms with Crippen LogP contribution in [0.1, 0.15) is 5.56 Å². The molecule has 0 aliphatic carbocycles. The van der Waals surface area contributed by atoms with Crippen LogP contribution in [0.4, 0.5) is 4.79 Å². The molecular formula is C11H13NO5. The third-order valence-corrected chi connectivity index (χ3v) is 2.15. The number of rotatable bonds is 4. The van der Waals surface area contributed by atoms with Gasteiger partial charge in [0.2, 0.25) is 0 Å². The van der Waals surface area contributed by atoms with Crippen molar-refractivity contribution in [3.05, 3.63) is 29.8 Å². The van der Waals surface area contributed by atoms with Crippen LogP contribution >= 0.6 is 0 Å². The molecule has 0 aliphatic heterocycles. The van der Waals surface area contributed by atoms with E-state index in [1.54, 1.807) is 12.1 Å². The third kappa shape index (κ3) is 4.02. The lowest BCUT2D eigenvalue weighted by Crippen LogP contribution is -2.42. The lowest BCUT2D eigenvalue weighted by Gasteiger charge is -2.13. The van der Waals surface area contributed by atoms with Gasteiger partial charge < -0.3 is 20.3 Å². The second-order valence-corrected chi connectivity index (χ2v) is 3.40. The highest BCUT2D eigenvalue weighted by molar-refractivity contribution is 5.80. The summed E-state index contributed by atoms with van der Waals surface area (Å²) < 4.78 is 4.33. The van der Waals surface area contributed by atoms with E-state index < -0.39 is 18.1 Å². The van der Waals surface area contributed by atoms with Gasteiger partial charge in [0.1, 0.15) is 11.8 Å². The molecule has 0 heterocycles. The van der Waals surface area contributed by atoms with Gasteiger partial charge in [-0.2, -0.15) is 0 Å². The summed E-state index contributed by atoms with van der Waals surface area (Å²) in [5.41, 5.74) is 0.687. The van der Waals surface area contributed by atoms with Crippen molar-refractivity contribution in [1.29, 1.82) is 0 Å². The van der Waals surface area contributed by atoms with Crippen molar-refractivity contribution in [3.8, 4) is 5.75 Å². The lowest BCUT2D eigenvalue weighted by molar-refractivity contribution is -0.139. The first kappa shape index (κ1) is 12.8. The molecule has 1 atom stereocenters. The Kier molecular flexibility index (Phi) is 4.33. The minimum atomic E-state index is -1.15. The summed E-state index contributed by atoms with van der Waals surface area (Å²) in [6, 6.07) is 5.01. The number of carbonyl (C=O) groups is 2. The number of phenolic OH excluding ortho intramolecular Hbond substituents is 1. The molecule has 0 bridgehead atoms. The van der Waals surface area contributed by atoms with Crippen LogP contribution in [0.15, 0.2) is 24.3 Å². The number of carbonyl (C=O) groups excluding carboxylic acids is 1. The number of hydrogen-bond acceptors (Lipinski definition) is 4. The molecule has 1 aromatic rings. The number of carboxylic acid groups (broad SMARTS) is 1. The first-order chi connectivity index (χ1) is 8.02. The van der Waals surface area contributed by atoms with E-state index in [1.165, 1.54) is 12.1 Å². The predicted octanol–water partition coefficient (Wildman–Crippen LogP) is 0.744. The number of alkyl carbamates (subject to hydrolysis) is 1. The standard InChI is InChI=1S/C11H13NO5/c1-17-11(16)12-9(10(14)15)6-7-2-4-8(13)5-3-7/h2-5,9,13H,6H2,1H3,(H,12,16)(H,14,15)/t9-/m1/s1. The summed E-state index contributed by atoms with van der Waals surface area (Å²) in [6.45, 7) is 0. The molecule has 92 valence electrons. The number of hydrogen-bond donors (Lipinski definition) is 3. The summed E-state index contributed by atoms with van der Waals surface area (Å²) in [4.78, 5) is 21.8. The quantitative estimate of drug-likeness (QED) is 0.720. The van der Waals surface area contributed by atoms with Crippen molar-refractivity contribution in [2.75, 3.05) is 7.11 Å². The van der Waals surface area contributed by atoms with Gasteiger partial charge in [-0.15, -0.1) is 0 Å². The van der Waals surface area contributed by atoms with Crippen molar-refractivity contribution in [2.45, 2.75) is 12.5 Å². The van der Waals surface area contributed by atoms with E-state index in [0.29, 0.717) is 5.56 Å². The molecule has 1 aromatic carbocycles. The van der Waals surface area contributed by atoms with E-state index >= 15 is 0 Å². The Morgan fingerprint density at radius 2 is 1.94 bits per heavy atom. The highest BCUT2D eigenvalue weighted by atomic mass is 16.5. The number of carboxylic acids is 1. The third-order valence-electron chi connectivity index (χ3n) is 2.15. The van der Waals surface area contributed by atoms with Gasteiger partial charge in [0.15, 0.2) is 0 Å². The summed E-state index contributed by atoms with van der Waals surface area (Å²) >= 11 is 0. The molecule has 0 aliphatic rings. The molecule has 17 heavy (non-hydrogen) atoms. The number of phenols is 1. The SMILES string of the molecule is COC(=O)N[C@H](Cc1ccc(O)cc1)C(=O)O.